The summed E-state index contributed by atoms with van der Waals surface area (Å²) >= 11 is 0. The molecule has 76 heavy (non-hydrogen) atoms. The van der Waals surface area contributed by atoms with Crippen LogP contribution in [0.4, 0.5) is 20.1 Å². The van der Waals surface area contributed by atoms with Gasteiger partial charge in [0.15, 0.2) is 6.10 Å². The topological polar surface area (TPSA) is 324 Å². The molecular weight excluding hydrogens is 987 g/mol. The number of hydrogen-bond acceptors (Lipinski definition) is 16. The quantitative estimate of drug-likeness (QED) is 0.0215. The Morgan fingerprint density at radius 2 is 1.64 bits per heavy atom. The number of aliphatic hydroxyl groups excluding tert-OH is 2. The molecule has 0 spiro atoms. The van der Waals surface area contributed by atoms with E-state index >= 15 is 0 Å². The summed E-state index contributed by atoms with van der Waals surface area (Å²) in [5.41, 5.74) is 10.1. The first-order valence-corrected chi connectivity index (χ1v) is 26.3. The van der Waals surface area contributed by atoms with Crippen LogP contribution >= 0.6 is 0 Å². The number of epoxide rings is 1. The van der Waals surface area contributed by atoms with Crippen molar-refractivity contribution in [2.45, 2.75) is 174 Å². The second kappa shape index (κ2) is 28.9. The molecule has 10 N–H and O–H groups in total. The molecule has 3 aliphatic heterocycles. The van der Waals surface area contributed by atoms with E-state index in [1.807, 2.05) is 13.8 Å². The Morgan fingerprint density at radius 3 is 2.25 bits per heavy atom. The van der Waals surface area contributed by atoms with Gasteiger partial charge in [0.05, 0.1) is 42.5 Å². The van der Waals surface area contributed by atoms with E-state index in [0.29, 0.717) is 36.1 Å². The highest BCUT2D eigenvalue weighted by molar-refractivity contribution is 5.97. The standard InChI is InChI=1S/C54H83N7O15/c1-10-41(64)35(6)47-42(73-47)30-53(8,71)22-11-13-33(4)46-34(5)15-20-43(54(9,76-36(7)62)23-21-39(63)29-44(65)75-46)74-52(70)61-27-25-60(26-28-61)51(69)72-31-37-16-18-38(19-17-37)58-48(66)40(14-12-24-57-50(56)68)59-49(67)45(55)32(2)3/h11,13,15-20,22,32,34-35,39-43,45-47,63-64,71H,10,12,14,21,23-31,55H2,1-9H3,(H,58,66)(H,59,67)(H3,56,57,68)/b20-15-,22-11+,33-13+/t34-,35+,39+,40-,41-,42+,43-,45-,46+,47+,53-,54+/m0/s1. The number of nitrogens with zero attached hydrogens (tertiary/aromatic N) is 2. The summed E-state index contributed by atoms with van der Waals surface area (Å²) in [4.78, 5) is 92.8. The molecule has 4 rings (SSSR count). The van der Waals surface area contributed by atoms with Gasteiger partial charge in [-0.25, -0.2) is 14.4 Å². The number of benzene rings is 1. The van der Waals surface area contributed by atoms with Crippen LogP contribution in [-0.4, -0.2) is 160 Å². The molecule has 22 nitrogen and oxygen atoms in total. The number of allylic oxidation sites excluding steroid dienone is 2. The number of carbonyl (C=O) groups is 7. The van der Waals surface area contributed by atoms with Crippen molar-refractivity contribution in [2.24, 2.45) is 29.2 Å². The predicted octanol–water partition coefficient (Wildman–Crippen LogP) is 4.09. The lowest BCUT2D eigenvalue weighted by Gasteiger charge is -2.38. The number of esters is 2. The zero-order chi connectivity index (χ0) is 56.5. The van der Waals surface area contributed by atoms with Crippen molar-refractivity contribution >= 4 is 47.7 Å². The highest BCUT2D eigenvalue weighted by atomic mass is 16.6. The highest BCUT2D eigenvalue weighted by Gasteiger charge is 2.47. The SMILES string of the molecule is CC[C@H](O)[C@@H](C)[C@H]1O[C@@H]1C[C@@](C)(O)/C=C/C=C(\C)[C@H]1OC(=O)C[C@H](O)CC[C@@](C)(OC(C)=O)[C@@H](OC(=O)N2CCN(C(=O)OCc3ccc(NC(=O)[C@H](CCCNC(N)=O)NC(=O)[C@@H](N)C(C)C)cc3)CC2)/C=C\[C@@H]1C. The Bertz CT molecular complexity index is 2230. The average molecular weight is 1070 g/mol. The third kappa shape index (κ3) is 19.8. The second-order valence-electron chi connectivity index (χ2n) is 21.0. The molecule has 2 fully saturated rings. The number of anilines is 1. The van der Waals surface area contributed by atoms with Gasteiger partial charge in [0.25, 0.3) is 0 Å². The van der Waals surface area contributed by atoms with E-state index in [4.69, 9.17) is 35.2 Å². The number of piperazine rings is 1. The van der Waals surface area contributed by atoms with Crippen molar-refractivity contribution in [2.75, 3.05) is 38.0 Å². The first kappa shape index (κ1) is 62.5. The molecule has 0 unspecified atom stereocenters. The molecule has 22 heteroatoms. The van der Waals surface area contributed by atoms with Crippen LogP contribution in [0.25, 0.3) is 0 Å². The van der Waals surface area contributed by atoms with E-state index in [2.05, 4.69) is 16.0 Å². The third-order valence-electron chi connectivity index (χ3n) is 14.0. The number of aliphatic hydroxyl groups is 3. The van der Waals surface area contributed by atoms with E-state index in [0.717, 1.165) is 0 Å². The molecule has 0 aromatic heterocycles. The summed E-state index contributed by atoms with van der Waals surface area (Å²) in [6.07, 6.45) is 4.03. The first-order valence-electron chi connectivity index (χ1n) is 26.3. The highest BCUT2D eigenvalue weighted by Crippen LogP contribution is 2.38. The van der Waals surface area contributed by atoms with E-state index < -0.39 is 95.6 Å². The molecule has 0 bridgehead atoms. The normalized spacial score (nSPS) is 26.2. The number of nitrogens with two attached hydrogens (primary N) is 2. The van der Waals surface area contributed by atoms with Gasteiger partial charge in [0.2, 0.25) is 11.8 Å². The lowest BCUT2D eigenvalue weighted by Crippen LogP contribution is -2.53. The minimum absolute atomic E-state index is 0.00709. The Labute approximate surface area is 446 Å². The molecule has 0 radical (unpaired) electrons. The maximum Gasteiger partial charge on any atom is 0.410 e. The molecule has 1 aromatic carbocycles. The number of rotatable bonds is 21. The zero-order valence-corrected chi connectivity index (χ0v) is 45.5. The molecule has 2 saturated heterocycles. The van der Waals surface area contributed by atoms with Crippen LogP contribution < -0.4 is 27.4 Å². The third-order valence-corrected chi connectivity index (χ3v) is 14.0. The van der Waals surface area contributed by atoms with Crippen LogP contribution in [0.5, 0.6) is 0 Å². The van der Waals surface area contributed by atoms with E-state index in [1.165, 1.54) is 16.7 Å². The van der Waals surface area contributed by atoms with Crippen molar-refractivity contribution in [1.29, 1.82) is 0 Å². The van der Waals surface area contributed by atoms with E-state index in [9.17, 15) is 48.9 Å². The molecule has 0 aliphatic carbocycles. The predicted molar refractivity (Wildman–Crippen MR) is 281 cm³/mol. The fourth-order valence-corrected chi connectivity index (χ4v) is 8.99. The van der Waals surface area contributed by atoms with Crippen LogP contribution in [0.3, 0.4) is 0 Å². The molecule has 1 aromatic rings. The fraction of sp³-hybridized carbons (Fsp3) is 0.648. The van der Waals surface area contributed by atoms with Crippen molar-refractivity contribution < 1.29 is 72.6 Å². The van der Waals surface area contributed by atoms with Crippen molar-refractivity contribution in [3.8, 4) is 0 Å². The summed E-state index contributed by atoms with van der Waals surface area (Å²) in [5, 5.41) is 40.3. The average Bonchev–Trinajstić information content (AvgIpc) is 4.12. The number of hydrogen-bond donors (Lipinski definition) is 8. The Morgan fingerprint density at radius 1 is 1.00 bits per heavy atom. The van der Waals surface area contributed by atoms with Crippen LogP contribution in [0.2, 0.25) is 0 Å². The summed E-state index contributed by atoms with van der Waals surface area (Å²) in [5.74, 6) is -3.05. The van der Waals surface area contributed by atoms with Gasteiger partial charge in [-0.3, -0.25) is 19.2 Å². The van der Waals surface area contributed by atoms with Gasteiger partial charge < -0.3 is 76.2 Å². The number of cyclic esters (lactones) is 1. The maximum atomic E-state index is 13.9. The van der Waals surface area contributed by atoms with Gasteiger partial charge in [0, 0.05) is 63.6 Å². The Hall–Kier alpha value is -6.07. The van der Waals surface area contributed by atoms with Gasteiger partial charge >= 0.3 is 30.2 Å². The van der Waals surface area contributed by atoms with Gasteiger partial charge in [0.1, 0.15) is 24.4 Å². The second-order valence-corrected chi connectivity index (χ2v) is 21.0. The number of primary amides is 1. The molecule has 3 heterocycles. The number of amides is 6. The number of urea groups is 1. The lowest BCUT2D eigenvalue weighted by atomic mass is 9.88. The van der Waals surface area contributed by atoms with Gasteiger partial charge in [-0.15, -0.1) is 0 Å². The Kier molecular flexibility index (Phi) is 23.7. The summed E-state index contributed by atoms with van der Waals surface area (Å²) < 4.78 is 29.2. The molecular formula is C54H83N7O15. The van der Waals surface area contributed by atoms with Crippen LogP contribution in [0.15, 0.2) is 60.2 Å². The van der Waals surface area contributed by atoms with E-state index in [-0.39, 0.29) is 89.1 Å². The van der Waals surface area contributed by atoms with Crippen LogP contribution in [-0.2, 0) is 49.5 Å². The van der Waals surface area contributed by atoms with Crippen molar-refractivity contribution in [3.05, 3.63) is 65.8 Å². The fourth-order valence-electron chi connectivity index (χ4n) is 8.99. The molecule has 12 atom stereocenters. The number of carbonyl (C=O) groups excluding carboxylic acids is 7. The van der Waals surface area contributed by atoms with Crippen molar-refractivity contribution in [1.82, 2.24) is 20.4 Å². The zero-order valence-electron chi connectivity index (χ0n) is 45.5. The molecule has 424 valence electrons. The van der Waals surface area contributed by atoms with Gasteiger partial charge in [-0.2, -0.15) is 0 Å². The summed E-state index contributed by atoms with van der Waals surface area (Å²) in [6.45, 7) is 15.9. The maximum absolute atomic E-state index is 13.9. The van der Waals surface area contributed by atoms with Gasteiger partial charge in [-0.1, -0.05) is 71.1 Å². The molecule has 6 amide bonds. The minimum Gasteiger partial charge on any atom is -0.457 e. The smallest absolute Gasteiger partial charge is 0.410 e. The number of nitrogens with one attached hydrogen (secondary N) is 3. The monoisotopic (exact) mass is 1070 g/mol. The van der Waals surface area contributed by atoms with Crippen LogP contribution in [0.1, 0.15) is 113 Å². The summed E-state index contributed by atoms with van der Waals surface area (Å²) in [6, 6.07) is 4.08. The largest absolute Gasteiger partial charge is 0.457 e. The van der Waals surface area contributed by atoms with Crippen molar-refractivity contribution in [3.63, 3.8) is 0 Å². The van der Waals surface area contributed by atoms with E-state index in [1.54, 1.807) is 96.2 Å². The summed E-state index contributed by atoms with van der Waals surface area (Å²) in [7, 11) is 0. The van der Waals surface area contributed by atoms with Crippen LogP contribution in [0, 0.1) is 17.8 Å². The molecule has 3 aliphatic rings. The van der Waals surface area contributed by atoms with Gasteiger partial charge in [-0.05, 0) is 88.1 Å². The first-order chi connectivity index (χ1) is 35.7. The number of ether oxygens (including phenoxy) is 5. The molecule has 0 saturated carbocycles. The Balaban J connectivity index is 1.37. The minimum atomic E-state index is -1.48. The lowest BCUT2D eigenvalue weighted by molar-refractivity contribution is -0.168.